The summed E-state index contributed by atoms with van der Waals surface area (Å²) >= 11 is 0. The third-order valence-electron chi connectivity index (χ3n) is 5.13. The maximum Gasteiger partial charge on any atom is 0.343 e. The largest absolute Gasteiger partial charge is 0.497 e. The van der Waals surface area contributed by atoms with E-state index in [0.717, 1.165) is 12.8 Å². The molecule has 1 N–H and O–H groups in total. The van der Waals surface area contributed by atoms with Crippen molar-refractivity contribution in [1.82, 2.24) is 5.43 Å². The molecular weight excluding hydrogens is 420 g/mol. The van der Waals surface area contributed by atoms with E-state index in [9.17, 15) is 9.59 Å². The van der Waals surface area contributed by atoms with Crippen LogP contribution < -0.4 is 19.6 Å². The first-order valence-electron chi connectivity index (χ1n) is 11.4. The van der Waals surface area contributed by atoms with Gasteiger partial charge in [-0.15, -0.1) is 0 Å². The second kappa shape index (κ2) is 14.7. The molecule has 33 heavy (non-hydrogen) atoms. The van der Waals surface area contributed by atoms with Crippen molar-refractivity contribution in [1.29, 1.82) is 0 Å². The van der Waals surface area contributed by atoms with Crippen LogP contribution in [-0.2, 0) is 4.79 Å². The zero-order valence-corrected chi connectivity index (χ0v) is 19.8. The highest BCUT2D eigenvalue weighted by Gasteiger charge is 2.13. The van der Waals surface area contributed by atoms with E-state index in [2.05, 4.69) is 17.5 Å². The molecule has 0 spiro atoms. The molecule has 0 saturated heterocycles. The van der Waals surface area contributed by atoms with Crippen LogP contribution in [0.2, 0.25) is 0 Å². The van der Waals surface area contributed by atoms with Gasteiger partial charge in [0.1, 0.15) is 5.75 Å². The number of hydrogen-bond acceptors (Lipinski definition) is 6. The zero-order valence-electron chi connectivity index (χ0n) is 19.8. The van der Waals surface area contributed by atoms with Crippen molar-refractivity contribution < 1.29 is 23.8 Å². The van der Waals surface area contributed by atoms with Crippen molar-refractivity contribution in [2.24, 2.45) is 5.10 Å². The molecule has 0 aromatic heterocycles. The van der Waals surface area contributed by atoms with Gasteiger partial charge in [-0.3, -0.25) is 4.79 Å². The lowest BCUT2D eigenvalue weighted by molar-refractivity contribution is -0.121. The molecule has 0 unspecified atom stereocenters. The molecule has 2 rings (SSSR count). The SMILES string of the molecule is CCCCCCCCCC(=O)N/N=C/c1ccc(OC(=O)c2ccc(OC)cc2)c(OC)c1. The number of ether oxygens (including phenoxy) is 3. The zero-order chi connectivity index (χ0) is 23.9. The summed E-state index contributed by atoms with van der Waals surface area (Å²) in [6.07, 6.45) is 10.1. The third-order valence-corrected chi connectivity index (χ3v) is 5.13. The summed E-state index contributed by atoms with van der Waals surface area (Å²) in [6, 6.07) is 11.7. The van der Waals surface area contributed by atoms with Crippen LogP contribution in [-0.4, -0.2) is 32.3 Å². The number of carbonyl (C=O) groups excluding carboxylic acids is 2. The Labute approximate surface area is 196 Å². The predicted octanol–water partition coefficient (Wildman–Crippen LogP) is 5.51. The summed E-state index contributed by atoms with van der Waals surface area (Å²) in [5, 5.41) is 4.01. The van der Waals surface area contributed by atoms with Crippen molar-refractivity contribution in [2.75, 3.05) is 14.2 Å². The molecule has 178 valence electrons. The van der Waals surface area contributed by atoms with Gasteiger partial charge in [0, 0.05) is 6.42 Å². The Morgan fingerprint density at radius 3 is 2.24 bits per heavy atom. The number of amides is 1. The van der Waals surface area contributed by atoms with E-state index in [4.69, 9.17) is 14.2 Å². The molecule has 0 bridgehead atoms. The number of methoxy groups -OCH3 is 2. The van der Waals surface area contributed by atoms with Gasteiger partial charge in [0.05, 0.1) is 26.0 Å². The minimum Gasteiger partial charge on any atom is -0.497 e. The number of benzene rings is 2. The van der Waals surface area contributed by atoms with Crippen LogP contribution in [0.4, 0.5) is 0 Å². The fraction of sp³-hybridized carbons (Fsp3) is 0.423. The molecule has 7 heteroatoms. The second-order valence-corrected chi connectivity index (χ2v) is 7.69. The van der Waals surface area contributed by atoms with Crippen molar-refractivity contribution in [3.63, 3.8) is 0 Å². The third kappa shape index (κ3) is 9.35. The van der Waals surface area contributed by atoms with E-state index >= 15 is 0 Å². The molecule has 0 aliphatic rings. The van der Waals surface area contributed by atoms with Crippen LogP contribution >= 0.6 is 0 Å². The second-order valence-electron chi connectivity index (χ2n) is 7.69. The molecule has 0 atom stereocenters. The van der Waals surface area contributed by atoms with Gasteiger partial charge < -0.3 is 14.2 Å². The van der Waals surface area contributed by atoms with Crippen molar-refractivity contribution in [2.45, 2.75) is 58.3 Å². The Bertz CT molecular complexity index is 909. The molecule has 2 aromatic carbocycles. The van der Waals surface area contributed by atoms with E-state index in [0.29, 0.717) is 34.8 Å². The Morgan fingerprint density at radius 1 is 0.879 bits per heavy atom. The molecule has 1 amide bonds. The van der Waals surface area contributed by atoms with Crippen LogP contribution in [0.1, 0.15) is 74.2 Å². The van der Waals surface area contributed by atoms with E-state index in [-0.39, 0.29) is 5.91 Å². The number of carbonyl (C=O) groups is 2. The first kappa shape index (κ1) is 25.9. The van der Waals surface area contributed by atoms with Crippen LogP contribution in [0, 0.1) is 0 Å². The Hall–Kier alpha value is -3.35. The van der Waals surface area contributed by atoms with Gasteiger partial charge in [0.25, 0.3) is 0 Å². The summed E-state index contributed by atoms with van der Waals surface area (Å²) in [5.74, 6) is 0.725. The number of hydrazone groups is 1. The summed E-state index contributed by atoms with van der Waals surface area (Å²) in [4.78, 5) is 24.3. The predicted molar refractivity (Wildman–Crippen MR) is 129 cm³/mol. The summed E-state index contributed by atoms with van der Waals surface area (Å²) in [5.41, 5.74) is 3.65. The van der Waals surface area contributed by atoms with Crippen LogP contribution in [0.25, 0.3) is 0 Å². The number of nitrogens with one attached hydrogen (secondary N) is 1. The number of esters is 1. The minimum atomic E-state index is -0.505. The summed E-state index contributed by atoms with van der Waals surface area (Å²) in [7, 11) is 3.05. The van der Waals surface area contributed by atoms with E-state index in [1.807, 2.05) is 0 Å². The molecule has 0 radical (unpaired) electrons. The average Bonchev–Trinajstić information content (AvgIpc) is 2.84. The monoisotopic (exact) mass is 454 g/mol. The van der Waals surface area contributed by atoms with E-state index in [1.54, 1.807) is 49.6 Å². The Kier molecular flexibility index (Phi) is 11.5. The lowest BCUT2D eigenvalue weighted by Crippen LogP contribution is -2.16. The number of hydrogen-bond donors (Lipinski definition) is 1. The molecular formula is C26H34N2O5. The maximum atomic E-state index is 12.4. The van der Waals surface area contributed by atoms with Crippen LogP contribution in [0.3, 0.4) is 0 Å². The molecule has 0 saturated carbocycles. The molecule has 0 heterocycles. The lowest BCUT2D eigenvalue weighted by atomic mass is 10.1. The quantitative estimate of drug-likeness (QED) is 0.134. The number of rotatable bonds is 14. The highest BCUT2D eigenvalue weighted by atomic mass is 16.6. The molecule has 2 aromatic rings. The van der Waals surface area contributed by atoms with Crippen LogP contribution in [0.5, 0.6) is 17.2 Å². The Balaban J connectivity index is 1.82. The molecule has 0 fully saturated rings. The first-order chi connectivity index (χ1) is 16.1. The fourth-order valence-corrected chi connectivity index (χ4v) is 3.21. The van der Waals surface area contributed by atoms with Gasteiger partial charge in [-0.2, -0.15) is 5.10 Å². The fourth-order valence-electron chi connectivity index (χ4n) is 3.21. The molecule has 0 aliphatic carbocycles. The van der Waals surface area contributed by atoms with Gasteiger partial charge in [-0.05, 0) is 54.4 Å². The van der Waals surface area contributed by atoms with Crippen molar-refractivity contribution in [3.05, 3.63) is 53.6 Å². The topological polar surface area (TPSA) is 86.2 Å². The average molecular weight is 455 g/mol. The maximum absolute atomic E-state index is 12.4. The summed E-state index contributed by atoms with van der Waals surface area (Å²) < 4.78 is 15.9. The smallest absolute Gasteiger partial charge is 0.343 e. The standard InChI is InChI=1S/C26H34N2O5/c1-4-5-6-7-8-9-10-11-25(29)28-27-19-20-12-17-23(24(18-20)32-3)33-26(30)21-13-15-22(31-2)16-14-21/h12-19H,4-11H2,1-3H3,(H,28,29)/b27-19+. The normalized spacial score (nSPS) is 10.8. The first-order valence-corrected chi connectivity index (χ1v) is 11.4. The van der Waals surface area contributed by atoms with Crippen molar-refractivity contribution >= 4 is 18.1 Å². The van der Waals surface area contributed by atoms with Crippen molar-refractivity contribution in [3.8, 4) is 17.2 Å². The van der Waals surface area contributed by atoms with E-state index in [1.165, 1.54) is 45.4 Å². The number of nitrogens with zero attached hydrogens (tertiary/aromatic N) is 1. The van der Waals surface area contributed by atoms with Gasteiger partial charge >= 0.3 is 5.97 Å². The highest BCUT2D eigenvalue weighted by Crippen LogP contribution is 2.28. The Morgan fingerprint density at radius 2 is 1.58 bits per heavy atom. The molecule has 7 nitrogen and oxygen atoms in total. The van der Waals surface area contributed by atoms with Gasteiger partial charge in [0.2, 0.25) is 5.91 Å². The lowest BCUT2D eigenvalue weighted by Gasteiger charge is -2.10. The van der Waals surface area contributed by atoms with Gasteiger partial charge in [-0.25, -0.2) is 10.2 Å². The highest BCUT2D eigenvalue weighted by molar-refractivity contribution is 5.91. The van der Waals surface area contributed by atoms with Gasteiger partial charge in [-0.1, -0.05) is 45.4 Å². The van der Waals surface area contributed by atoms with E-state index < -0.39 is 5.97 Å². The van der Waals surface area contributed by atoms with Gasteiger partial charge in [0.15, 0.2) is 11.5 Å². The number of unbranched alkanes of at least 4 members (excludes halogenated alkanes) is 6. The van der Waals surface area contributed by atoms with Crippen LogP contribution in [0.15, 0.2) is 47.6 Å². The summed E-state index contributed by atoms with van der Waals surface area (Å²) in [6.45, 7) is 2.20. The minimum absolute atomic E-state index is 0.100. The molecule has 0 aliphatic heterocycles.